The van der Waals surface area contributed by atoms with Crippen LogP contribution in [0.4, 0.5) is 0 Å². The van der Waals surface area contributed by atoms with E-state index in [1.807, 2.05) is 0 Å². The summed E-state index contributed by atoms with van der Waals surface area (Å²) in [5.74, 6) is 0.521. The summed E-state index contributed by atoms with van der Waals surface area (Å²) in [6, 6.07) is 0.477. The van der Waals surface area contributed by atoms with E-state index in [2.05, 4.69) is 24.2 Å². The molecule has 0 heterocycles. The van der Waals surface area contributed by atoms with Crippen LogP contribution in [0.2, 0.25) is 0 Å². The van der Waals surface area contributed by atoms with Gasteiger partial charge in [0.05, 0.1) is 6.04 Å². The van der Waals surface area contributed by atoms with E-state index in [-0.39, 0.29) is 11.9 Å². The monoisotopic (exact) mass is 241 g/mol. The molecule has 17 heavy (non-hydrogen) atoms. The molecule has 0 aromatic heterocycles. The first kappa shape index (κ1) is 14.5. The highest BCUT2D eigenvalue weighted by Crippen LogP contribution is 2.27. The van der Waals surface area contributed by atoms with Crippen molar-refractivity contribution in [3.05, 3.63) is 0 Å². The van der Waals surface area contributed by atoms with Gasteiger partial charge in [0.15, 0.2) is 0 Å². The van der Waals surface area contributed by atoms with Gasteiger partial charge in [-0.2, -0.15) is 0 Å². The van der Waals surface area contributed by atoms with E-state index < -0.39 is 0 Å². The third-order valence-corrected chi connectivity index (χ3v) is 4.09. The minimum atomic E-state index is -0.252. The summed E-state index contributed by atoms with van der Waals surface area (Å²) in [7, 11) is 3.96. The Morgan fingerprint density at radius 3 is 2.65 bits per heavy atom. The second kappa shape index (κ2) is 6.97. The molecule has 0 aromatic rings. The van der Waals surface area contributed by atoms with Crippen molar-refractivity contribution in [3.8, 4) is 0 Å². The number of carbonyl (C=O) groups excluding carboxylic acids is 1. The van der Waals surface area contributed by atoms with E-state index in [0.717, 1.165) is 18.9 Å². The van der Waals surface area contributed by atoms with E-state index in [1.54, 1.807) is 7.05 Å². The highest BCUT2D eigenvalue weighted by molar-refractivity contribution is 5.79. The molecule has 0 radical (unpaired) electrons. The molecule has 0 aliphatic heterocycles. The fraction of sp³-hybridized carbons (Fsp3) is 0.923. The second-order valence-electron chi connectivity index (χ2n) is 5.34. The Bertz CT molecular complexity index is 245. The van der Waals surface area contributed by atoms with Crippen LogP contribution in [-0.4, -0.2) is 43.5 Å². The molecule has 1 rings (SSSR count). The Morgan fingerprint density at radius 2 is 2.12 bits per heavy atom. The van der Waals surface area contributed by atoms with Gasteiger partial charge >= 0.3 is 0 Å². The van der Waals surface area contributed by atoms with Crippen molar-refractivity contribution in [2.45, 2.75) is 51.1 Å². The van der Waals surface area contributed by atoms with Crippen molar-refractivity contribution in [2.75, 3.05) is 20.6 Å². The summed E-state index contributed by atoms with van der Waals surface area (Å²) < 4.78 is 0. The van der Waals surface area contributed by atoms with Gasteiger partial charge in [0, 0.05) is 12.6 Å². The Hall–Kier alpha value is -0.610. The number of amides is 1. The van der Waals surface area contributed by atoms with Crippen LogP contribution in [0.5, 0.6) is 0 Å². The smallest absolute Gasteiger partial charge is 0.234 e. The number of nitrogens with zero attached hydrogens (tertiary/aromatic N) is 1. The first-order chi connectivity index (χ1) is 8.06. The van der Waals surface area contributed by atoms with Crippen LogP contribution in [0.25, 0.3) is 0 Å². The summed E-state index contributed by atoms with van der Waals surface area (Å²) in [5, 5.41) is 2.97. The normalized spacial score (nSPS) is 27.1. The third-order valence-electron chi connectivity index (χ3n) is 4.09. The molecular formula is C13H27N3O. The van der Waals surface area contributed by atoms with E-state index in [0.29, 0.717) is 6.04 Å². The number of nitrogens with one attached hydrogen (secondary N) is 1. The van der Waals surface area contributed by atoms with Gasteiger partial charge in [0.2, 0.25) is 5.91 Å². The van der Waals surface area contributed by atoms with Gasteiger partial charge < -0.3 is 16.0 Å². The lowest BCUT2D eigenvalue weighted by Gasteiger charge is -2.36. The van der Waals surface area contributed by atoms with Gasteiger partial charge in [-0.15, -0.1) is 0 Å². The topological polar surface area (TPSA) is 58.4 Å². The summed E-state index contributed by atoms with van der Waals surface area (Å²) in [4.78, 5) is 13.5. The lowest BCUT2D eigenvalue weighted by molar-refractivity contribution is -0.120. The van der Waals surface area contributed by atoms with E-state index in [1.165, 1.54) is 25.7 Å². The zero-order valence-corrected chi connectivity index (χ0v) is 11.4. The van der Waals surface area contributed by atoms with Gasteiger partial charge in [-0.25, -0.2) is 0 Å². The Balaban J connectivity index is 2.37. The molecule has 1 aliphatic carbocycles. The molecule has 100 valence electrons. The molecule has 4 heteroatoms. The van der Waals surface area contributed by atoms with Crippen molar-refractivity contribution in [2.24, 2.45) is 11.7 Å². The van der Waals surface area contributed by atoms with Crippen LogP contribution in [-0.2, 0) is 4.79 Å². The van der Waals surface area contributed by atoms with Crippen LogP contribution in [0.1, 0.15) is 39.0 Å². The lowest BCUT2D eigenvalue weighted by Crippen LogP contribution is -2.44. The number of hydrogen-bond acceptors (Lipinski definition) is 3. The van der Waals surface area contributed by atoms with Crippen molar-refractivity contribution in [1.82, 2.24) is 10.2 Å². The van der Waals surface area contributed by atoms with E-state index in [4.69, 9.17) is 5.73 Å². The SMILES string of the molecule is CNC(CCN(C)C1CCCCC1C)C(N)=O. The van der Waals surface area contributed by atoms with Crippen molar-refractivity contribution >= 4 is 5.91 Å². The molecule has 0 aromatic carbocycles. The fourth-order valence-corrected chi connectivity index (χ4v) is 2.88. The van der Waals surface area contributed by atoms with Crippen molar-refractivity contribution < 1.29 is 4.79 Å². The molecule has 0 saturated heterocycles. The van der Waals surface area contributed by atoms with Crippen LogP contribution in [0.15, 0.2) is 0 Å². The lowest BCUT2D eigenvalue weighted by atomic mass is 9.85. The fourth-order valence-electron chi connectivity index (χ4n) is 2.88. The van der Waals surface area contributed by atoms with Gasteiger partial charge in [-0.3, -0.25) is 4.79 Å². The summed E-state index contributed by atoms with van der Waals surface area (Å²) in [6.45, 7) is 3.27. The van der Waals surface area contributed by atoms with Crippen LogP contribution < -0.4 is 11.1 Å². The largest absolute Gasteiger partial charge is 0.368 e. The number of carbonyl (C=O) groups is 1. The van der Waals surface area contributed by atoms with Crippen molar-refractivity contribution in [1.29, 1.82) is 0 Å². The van der Waals surface area contributed by atoms with Crippen molar-refractivity contribution in [3.63, 3.8) is 0 Å². The van der Waals surface area contributed by atoms with E-state index >= 15 is 0 Å². The molecule has 0 bridgehead atoms. The Morgan fingerprint density at radius 1 is 1.47 bits per heavy atom. The van der Waals surface area contributed by atoms with Gasteiger partial charge in [0.1, 0.15) is 0 Å². The zero-order valence-electron chi connectivity index (χ0n) is 11.4. The standard InChI is InChI=1S/C13H27N3O/c1-10-6-4-5-7-12(10)16(3)9-8-11(15-2)13(14)17/h10-12,15H,4-9H2,1-3H3,(H2,14,17). The minimum Gasteiger partial charge on any atom is -0.368 e. The third kappa shape index (κ3) is 4.28. The van der Waals surface area contributed by atoms with Gasteiger partial charge in [-0.05, 0) is 39.3 Å². The Kier molecular flexibility index (Phi) is 5.92. The number of primary amides is 1. The van der Waals surface area contributed by atoms with Gasteiger partial charge in [-0.1, -0.05) is 19.8 Å². The van der Waals surface area contributed by atoms with Gasteiger partial charge in [0.25, 0.3) is 0 Å². The first-order valence-electron chi connectivity index (χ1n) is 6.73. The highest BCUT2D eigenvalue weighted by atomic mass is 16.1. The van der Waals surface area contributed by atoms with Crippen LogP contribution in [0.3, 0.4) is 0 Å². The molecule has 0 spiro atoms. The predicted octanol–water partition coefficient (Wildman–Crippen LogP) is 0.960. The summed E-state index contributed by atoms with van der Waals surface area (Å²) in [5.41, 5.74) is 5.32. The average Bonchev–Trinajstić information content (AvgIpc) is 2.29. The maximum absolute atomic E-state index is 11.1. The molecule has 1 aliphatic rings. The zero-order chi connectivity index (χ0) is 12.8. The molecule has 1 saturated carbocycles. The number of hydrogen-bond donors (Lipinski definition) is 2. The first-order valence-corrected chi connectivity index (χ1v) is 6.73. The molecule has 3 unspecified atom stereocenters. The molecule has 3 atom stereocenters. The average molecular weight is 241 g/mol. The molecule has 1 fully saturated rings. The Labute approximate surface area is 105 Å². The number of rotatable bonds is 6. The molecule has 3 N–H and O–H groups in total. The maximum atomic E-state index is 11.1. The number of nitrogens with two attached hydrogens (primary N) is 1. The molecule has 1 amide bonds. The quantitative estimate of drug-likeness (QED) is 0.728. The molecule has 4 nitrogen and oxygen atoms in total. The molecular weight excluding hydrogens is 214 g/mol. The summed E-state index contributed by atoms with van der Waals surface area (Å²) in [6.07, 6.45) is 6.13. The summed E-state index contributed by atoms with van der Waals surface area (Å²) >= 11 is 0. The second-order valence-corrected chi connectivity index (χ2v) is 5.34. The maximum Gasteiger partial charge on any atom is 0.234 e. The number of likely N-dealkylation sites (N-methyl/N-ethyl adjacent to an activating group) is 1. The highest BCUT2D eigenvalue weighted by Gasteiger charge is 2.25. The van der Waals surface area contributed by atoms with Crippen LogP contribution in [0, 0.1) is 5.92 Å². The minimum absolute atomic E-state index is 0.198. The predicted molar refractivity (Wildman–Crippen MR) is 70.7 cm³/mol. The van der Waals surface area contributed by atoms with Crippen LogP contribution >= 0.6 is 0 Å². The van der Waals surface area contributed by atoms with E-state index in [9.17, 15) is 4.79 Å².